The van der Waals surface area contributed by atoms with E-state index in [1.807, 2.05) is 0 Å². The van der Waals surface area contributed by atoms with Crippen molar-refractivity contribution >= 4 is 6.41 Å². The van der Waals surface area contributed by atoms with Crippen molar-refractivity contribution in [1.29, 1.82) is 0 Å². The van der Waals surface area contributed by atoms with Crippen LogP contribution < -0.4 is 11.1 Å². The minimum Gasteiger partial charge on any atom is -0.379 e. The van der Waals surface area contributed by atoms with Crippen LogP contribution in [0.15, 0.2) is 0 Å². The molecule has 1 atom stereocenters. The highest BCUT2D eigenvalue weighted by molar-refractivity contribution is 5.42. The topological polar surface area (TPSA) is 73.6 Å². The Morgan fingerprint density at radius 3 is 2.27 bits per heavy atom. The fourth-order valence-corrected chi connectivity index (χ4v) is 1.32. The predicted molar refractivity (Wildman–Crippen MR) is 58.6 cm³/mol. The lowest BCUT2D eigenvalue weighted by Gasteiger charge is -2.00. The number of hydrogen-bond donors (Lipinski definition) is 2. The van der Waals surface area contributed by atoms with E-state index in [9.17, 15) is 0 Å². The Bertz CT molecular complexity index is 127. The fourth-order valence-electron chi connectivity index (χ4n) is 1.32. The molecule has 2 heterocycles. The smallest absolute Gasteiger partial charge is 0.204 e. The second kappa shape index (κ2) is 11.4. The van der Waals surface area contributed by atoms with E-state index in [1.165, 1.54) is 25.9 Å². The number of methoxy groups -OCH3 is 1. The van der Waals surface area contributed by atoms with E-state index in [0.29, 0.717) is 6.10 Å². The standard InChI is InChI=1S/C5H10O2.C4H9N.CH3NO/c1-6-5-2-3-7-4-5;1-2-4-5-3-1;2-1-3/h5H,2-4H2,1H3;5H,1-4H2;1H,(H2,2,3). The van der Waals surface area contributed by atoms with Gasteiger partial charge in [-0.1, -0.05) is 0 Å². The van der Waals surface area contributed by atoms with Crippen LogP contribution in [0.2, 0.25) is 0 Å². The zero-order valence-corrected chi connectivity index (χ0v) is 9.41. The van der Waals surface area contributed by atoms with Crippen molar-refractivity contribution in [2.45, 2.75) is 25.4 Å². The molecule has 15 heavy (non-hydrogen) atoms. The van der Waals surface area contributed by atoms with Gasteiger partial charge in [0.1, 0.15) is 0 Å². The largest absolute Gasteiger partial charge is 0.379 e. The van der Waals surface area contributed by atoms with Crippen LogP contribution in [0, 0.1) is 0 Å². The van der Waals surface area contributed by atoms with E-state index >= 15 is 0 Å². The summed E-state index contributed by atoms with van der Waals surface area (Å²) < 4.78 is 10.0. The zero-order chi connectivity index (χ0) is 11.4. The molecule has 1 unspecified atom stereocenters. The van der Waals surface area contributed by atoms with Crippen LogP contribution in [-0.4, -0.2) is 45.9 Å². The van der Waals surface area contributed by atoms with Crippen molar-refractivity contribution < 1.29 is 14.3 Å². The number of primary amides is 1. The number of hydrogen-bond acceptors (Lipinski definition) is 4. The lowest BCUT2D eigenvalue weighted by atomic mass is 10.3. The van der Waals surface area contributed by atoms with Gasteiger partial charge in [-0.3, -0.25) is 4.79 Å². The predicted octanol–water partition coefficient (Wildman–Crippen LogP) is -0.107. The highest BCUT2D eigenvalue weighted by atomic mass is 16.5. The third-order valence-electron chi connectivity index (χ3n) is 2.18. The molecule has 2 saturated heterocycles. The molecule has 0 aromatic heterocycles. The maximum Gasteiger partial charge on any atom is 0.204 e. The number of amides is 1. The number of rotatable bonds is 1. The number of carbonyl (C=O) groups excluding carboxylic acids is 1. The van der Waals surface area contributed by atoms with Gasteiger partial charge in [0.15, 0.2) is 0 Å². The molecule has 0 radical (unpaired) electrons. The van der Waals surface area contributed by atoms with E-state index < -0.39 is 0 Å². The molecule has 0 aromatic rings. The summed E-state index contributed by atoms with van der Waals surface area (Å²) in [7, 11) is 1.72. The van der Waals surface area contributed by atoms with Crippen LogP contribution in [-0.2, 0) is 14.3 Å². The summed E-state index contributed by atoms with van der Waals surface area (Å²) in [4.78, 5) is 8.58. The van der Waals surface area contributed by atoms with Crippen molar-refractivity contribution in [3.05, 3.63) is 0 Å². The second-order valence-corrected chi connectivity index (χ2v) is 3.31. The quantitative estimate of drug-likeness (QED) is 0.602. The van der Waals surface area contributed by atoms with Crippen LogP contribution in [0.3, 0.4) is 0 Å². The Morgan fingerprint density at radius 2 is 2.07 bits per heavy atom. The minimum absolute atomic E-state index is 0.250. The van der Waals surface area contributed by atoms with Crippen LogP contribution in [0.4, 0.5) is 0 Å². The van der Waals surface area contributed by atoms with E-state index in [2.05, 4.69) is 11.1 Å². The van der Waals surface area contributed by atoms with Gasteiger partial charge in [-0.25, -0.2) is 0 Å². The molecule has 0 saturated carbocycles. The minimum atomic E-state index is 0.250. The molecule has 0 aromatic carbocycles. The SMILES string of the molecule is C1CCNC1.COC1CCOC1.NC=O. The summed E-state index contributed by atoms with van der Waals surface area (Å²) in [6, 6.07) is 0. The van der Waals surface area contributed by atoms with Gasteiger partial charge >= 0.3 is 0 Å². The molecule has 5 nitrogen and oxygen atoms in total. The van der Waals surface area contributed by atoms with Crippen molar-refractivity contribution in [2.24, 2.45) is 5.73 Å². The fraction of sp³-hybridized carbons (Fsp3) is 0.900. The van der Waals surface area contributed by atoms with Gasteiger partial charge in [-0.05, 0) is 32.4 Å². The lowest BCUT2D eigenvalue weighted by molar-refractivity contribution is -0.106. The van der Waals surface area contributed by atoms with Crippen molar-refractivity contribution in [2.75, 3.05) is 33.4 Å². The van der Waals surface area contributed by atoms with Crippen LogP contribution in [0.5, 0.6) is 0 Å². The Hall–Kier alpha value is -0.650. The van der Waals surface area contributed by atoms with Gasteiger partial charge in [0.2, 0.25) is 6.41 Å². The molecule has 0 aliphatic carbocycles. The van der Waals surface area contributed by atoms with E-state index in [4.69, 9.17) is 14.3 Å². The average Bonchev–Trinajstić information content (AvgIpc) is 2.96. The van der Waals surface area contributed by atoms with E-state index in [0.717, 1.165) is 19.6 Å². The average molecular weight is 218 g/mol. The Morgan fingerprint density at radius 1 is 1.47 bits per heavy atom. The van der Waals surface area contributed by atoms with Gasteiger partial charge in [0.05, 0.1) is 12.7 Å². The Labute approximate surface area is 91.3 Å². The number of ether oxygens (including phenoxy) is 2. The van der Waals surface area contributed by atoms with Gasteiger partial charge in [-0.2, -0.15) is 0 Å². The molecule has 2 aliphatic heterocycles. The highest BCUT2D eigenvalue weighted by Crippen LogP contribution is 2.05. The first-order valence-electron chi connectivity index (χ1n) is 5.31. The first-order valence-corrected chi connectivity index (χ1v) is 5.31. The molecule has 2 rings (SSSR count). The van der Waals surface area contributed by atoms with Gasteiger partial charge in [0.25, 0.3) is 0 Å². The van der Waals surface area contributed by atoms with Crippen LogP contribution in [0.1, 0.15) is 19.3 Å². The lowest BCUT2D eigenvalue weighted by Crippen LogP contribution is -2.07. The molecule has 90 valence electrons. The molecule has 1 amide bonds. The number of nitrogens with two attached hydrogens (primary N) is 1. The molecular formula is C10H22N2O3. The van der Waals surface area contributed by atoms with Gasteiger partial charge in [0, 0.05) is 13.7 Å². The summed E-state index contributed by atoms with van der Waals surface area (Å²) in [5.74, 6) is 0. The summed E-state index contributed by atoms with van der Waals surface area (Å²) >= 11 is 0. The van der Waals surface area contributed by atoms with Gasteiger partial charge < -0.3 is 20.5 Å². The first-order chi connectivity index (χ1) is 7.35. The second-order valence-electron chi connectivity index (χ2n) is 3.31. The summed E-state index contributed by atoms with van der Waals surface area (Å²) in [6.07, 6.45) is 4.47. The van der Waals surface area contributed by atoms with Crippen LogP contribution >= 0.6 is 0 Å². The third-order valence-corrected chi connectivity index (χ3v) is 2.18. The monoisotopic (exact) mass is 218 g/mol. The van der Waals surface area contributed by atoms with E-state index in [-0.39, 0.29) is 6.41 Å². The van der Waals surface area contributed by atoms with Gasteiger partial charge in [-0.15, -0.1) is 0 Å². The Kier molecular flexibility index (Phi) is 10.9. The number of nitrogens with one attached hydrogen (secondary N) is 1. The third kappa shape index (κ3) is 9.65. The molecule has 5 heteroatoms. The van der Waals surface area contributed by atoms with Crippen molar-refractivity contribution in [3.63, 3.8) is 0 Å². The number of carbonyl (C=O) groups is 1. The summed E-state index contributed by atoms with van der Waals surface area (Å²) in [5.41, 5.74) is 4.17. The Balaban J connectivity index is 0.000000216. The summed E-state index contributed by atoms with van der Waals surface area (Å²) in [5, 5.41) is 3.22. The normalized spacial score (nSPS) is 23.4. The molecule has 2 fully saturated rings. The maximum atomic E-state index is 8.58. The maximum absolute atomic E-state index is 8.58. The highest BCUT2D eigenvalue weighted by Gasteiger charge is 2.12. The van der Waals surface area contributed by atoms with Crippen LogP contribution in [0.25, 0.3) is 0 Å². The molecule has 0 spiro atoms. The first kappa shape index (κ1) is 14.3. The molecule has 3 N–H and O–H groups in total. The molecule has 0 bridgehead atoms. The van der Waals surface area contributed by atoms with Crippen molar-refractivity contribution in [1.82, 2.24) is 5.32 Å². The van der Waals surface area contributed by atoms with E-state index in [1.54, 1.807) is 7.11 Å². The molecular weight excluding hydrogens is 196 g/mol. The zero-order valence-electron chi connectivity index (χ0n) is 9.41. The molecule has 2 aliphatic rings. The van der Waals surface area contributed by atoms with Crippen molar-refractivity contribution in [3.8, 4) is 0 Å². The summed E-state index contributed by atoms with van der Waals surface area (Å²) in [6.45, 7) is 4.16.